The lowest BCUT2D eigenvalue weighted by molar-refractivity contribution is -0.128. The molecule has 0 atom stereocenters. The Balaban J connectivity index is 2.16. The van der Waals surface area contributed by atoms with Gasteiger partial charge >= 0.3 is 0 Å². The first kappa shape index (κ1) is 10.7. The minimum absolute atomic E-state index is 0.286. The van der Waals surface area contributed by atoms with Gasteiger partial charge in [0, 0.05) is 24.0 Å². The number of aryl methyl sites for hydroxylation is 1. The first-order chi connectivity index (χ1) is 7.16. The van der Waals surface area contributed by atoms with E-state index < -0.39 is 0 Å². The van der Waals surface area contributed by atoms with Gasteiger partial charge in [0.1, 0.15) is 0 Å². The highest BCUT2D eigenvalue weighted by Crippen LogP contribution is 2.20. The predicted octanol–water partition coefficient (Wildman–Crippen LogP) is 2.88. The SMILES string of the molecule is Cc1ccc(Br)cc1CN1CCCC1=O. The second-order valence-electron chi connectivity index (χ2n) is 3.99. The summed E-state index contributed by atoms with van der Waals surface area (Å²) < 4.78 is 1.08. The summed E-state index contributed by atoms with van der Waals surface area (Å²) in [7, 11) is 0. The third kappa shape index (κ3) is 2.40. The van der Waals surface area contributed by atoms with Crippen molar-refractivity contribution in [2.75, 3.05) is 6.54 Å². The Hall–Kier alpha value is -0.830. The molecular weight excluding hydrogens is 254 g/mol. The molecule has 0 aliphatic carbocycles. The van der Waals surface area contributed by atoms with Crippen LogP contribution in [0.5, 0.6) is 0 Å². The number of carbonyl (C=O) groups excluding carboxylic acids is 1. The molecule has 2 nitrogen and oxygen atoms in total. The van der Waals surface area contributed by atoms with E-state index in [2.05, 4.69) is 35.0 Å². The van der Waals surface area contributed by atoms with E-state index in [9.17, 15) is 4.79 Å². The number of carbonyl (C=O) groups is 1. The minimum Gasteiger partial charge on any atom is -0.338 e. The van der Waals surface area contributed by atoms with Crippen molar-refractivity contribution in [3.8, 4) is 0 Å². The molecule has 0 aromatic heterocycles. The molecular formula is C12H14BrNO. The van der Waals surface area contributed by atoms with Gasteiger partial charge in [0.15, 0.2) is 0 Å². The fourth-order valence-corrected chi connectivity index (χ4v) is 2.30. The molecule has 1 heterocycles. The van der Waals surface area contributed by atoms with Crippen molar-refractivity contribution >= 4 is 21.8 Å². The van der Waals surface area contributed by atoms with Gasteiger partial charge in [-0.25, -0.2) is 0 Å². The number of nitrogens with zero attached hydrogens (tertiary/aromatic N) is 1. The molecule has 1 fully saturated rings. The molecule has 0 spiro atoms. The van der Waals surface area contributed by atoms with E-state index in [0.717, 1.165) is 24.0 Å². The molecule has 1 aliphatic rings. The lowest BCUT2D eigenvalue weighted by Gasteiger charge is -2.17. The molecule has 1 amide bonds. The van der Waals surface area contributed by atoms with Gasteiger partial charge in [0.25, 0.3) is 0 Å². The Morgan fingerprint density at radius 3 is 2.93 bits per heavy atom. The molecule has 15 heavy (non-hydrogen) atoms. The van der Waals surface area contributed by atoms with Crippen molar-refractivity contribution in [3.63, 3.8) is 0 Å². The van der Waals surface area contributed by atoms with E-state index in [4.69, 9.17) is 0 Å². The van der Waals surface area contributed by atoms with Gasteiger partial charge < -0.3 is 4.90 Å². The summed E-state index contributed by atoms with van der Waals surface area (Å²) in [5.41, 5.74) is 2.48. The third-order valence-corrected chi connectivity index (χ3v) is 3.34. The molecule has 0 saturated carbocycles. The largest absolute Gasteiger partial charge is 0.338 e. The molecule has 1 saturated heterocycles. The Labute approximate surface area is 98.4 Å². The highest BCUT2D eigenvalue weighted by atomic mass is 79.9. The van der Waals surface area contributed by atoms with Crippen LogP contribution in [-0.4, -0.2) is 17.4 Å². The molecule has 0 unspecified atom stereocenters. The van der Waals surface area contributed by atoms with Crippen LogP contribution in [0.3, 0.4) is 0 Å². The minimum atomic E-state index is 0.286. The van der Waals surface area contributed by atoms with Crippen molar-refractivity contribution in [3.05, 3.63) is 33.8 Å². The normalized spacial score (nSPS) is 16.1. The molecule has 0 N–H and O–H groups in total. The van der Waals surface area contributed by atoms with Gasteiger partial charge in [-0.1, -0.05) is 22.0 Å². The Bertz CT molecular complexity index is 389. The maximum Gasteiger partial charge on any atom is 0.222 e. The number of hydrogen-bond donors (Lipinski definition) is 0. The highest BCUT2D eigenvalue weighted by Gasteiger charge is 2.20. The van der Waals surface area contributed by atoms with Crippen LogP contribution >= 0.6 is 15.9 Å². The van der Waals surface area contributed by atoms with Crippen molar-refractivity contribution < 1.29 is 4.79 Å². The molecule has 80 valence electrons. The first-order valence-corrected chi connectivity index (χ1v) is 5.99. The standard InChI is InChI=1S/C12H14BrNO/c1-9-4-5-11(13)7-10(9)8-14-6-2-3-12(14)15/h4-5,7H,2-3,6,8H2,1H3. The quantitative estimate of drug-likeness (QED) is 0.807. The van der Waals surface area contributed by atoms with Crippen LogP contribution in [-0.2, 0) is 11.3 Å². The summed E-state index contributed by atoms with van der Waals surface area (Å²) in [5, 5.41) is 0. The van der Waals surface area contributed by atoms with Gasteiger partial charge in [-0.2, -0.15) is 0 Å². The molecule has 1 aliphatic heterocycles. The number of hydrogen-bond acceptors (Lipinski definition) is 1. The number of rotatable bonds is 2. The smallest absolute Gasteiger partial charge is 0.222 e. The Kier molecular flexibility index (Phi) is 3.10. The van der Waals surface area contributed by atoms with Crippen LogP contribution in [0.15, 0.2) is 22.7 Å². The number of likely N-dealkylation sites (tertiary alicyclic amines) is 1. The Morgan fingerprint density at radius 1 is 1.47 bits per heavy atom. The zero-order valence-electron chi connectivity index (χ0n) is 8.79. The van der Waals surface area contributed by atoms with Gasteiger partial charge in [-0.15, -0.1) is 0 Å². The average molecular weight is 268 g/mol. The van der Waals surface area contributed by atoms with Crippen molar-refractivity contribution in [1.29, 1.82) is 0 Å². The predicted molar refractivity (Wildman–Crippen MR) is 63.5 cm³/mol. The fourth-order valence-electron chi connectivity index (χ4n) is 1.89. The van der Waals surface area contributed by atoms with Gasteiger partial charge in [-0.3, -0.25) is 4.79 Å². The summed E-state index contributed by atoms with van der Waals surface area (Å²) in [6, 6.07) is 6.21. The zero-order chi connectivity index (χ0) is 10.8. The van der Waals surface area contributed by atoms with E-state index >= 15 is 0 Å². The molecule has 0 radical (unpaired) electrons. The average Bonchev–Trinajstić information content (AvgIpc) is 2.58. The molecule has 2 rings (SSSR count). The third-order valence-electron chi connectivity index (χ3n) is 2.84. The molecule has 3 heteroatoms. The lowest BCUT2D eigenvalue weighted by atomic mass is 10.1. The van der Waals surface area contributed by atoms with E-state index in [1.165, 1.54) is 11.1 Å². The molecule has 1 aromatic rings. The monoisotopic (exact) mass is 267 g/mol. The maximum absolute atomic E-state index is 11.5. The van der Waals surface area contributed by atoms with E-state index in [1.54, 1.807) is 0 Å². The van der Waals surface area contributed by atoms with E-state index in [1.807, 2.05) is 11.0 Å². The number of amides is 1. The van der Waals surface area contributed by atoms with Gasteiger partial charge in [0.05, 0.1) is 0 Å². The summed E-state index contributed by atoms with van der Waals surface area (Å²) in [4.78, 5) is 13.4. The van der Waals surface area contributed by atoms with E-state index in [-0.39, 0.29) is 5.91 Å². The number of halogens is 1. The number of benzene rings is 1. The highest BCUT2D eigenvalue weighted by molar-refractivity contribution is 9.10. The van der Waals surface area contributed by atoms with Crippen LogP contribution in [0.2, 0.25) is 0 Å². The van der Waals surface area contributed by atoms with Crippen LogP contribution in [0.4, 0.5) is 0 Å². The fraction of sp³-hybridized carbons (Fsp3) is 0.417. The zero-order valence-corrected chi connectivity index (χ0v) is 10.4. The molecule has 1 aromatic carbocycles. The topological polar surface area (TPSA) is 20.3 Å². The van der Waals surface area contributed by atoms with Crippen LogP contribution in [0.25, 0.3) is 0 Å². The van der Waals surface area contributed by atoms with Crippen LogP contribution in [0.1, 0.15) is 24.0 Å². The van der Waals surface area contributed by atoms with Crippen LogP contribution in [0, 0.1) is 6.92 Å². The summed E-state index contributed by atoms with van der Waals surface area (Å²) in [5.74, 6) is 0.286. The van der Waals surface area contributed by atoms with Crippen LogP contribution < -0.4 is 0 Å². The van der Waals surface area contributed by atoms with Gasteiger partial charge in [0.2, 0.25) is 5.91 Å². The second-order valence-corrected chi connectivity index (χ2v) is 4.91. The summed E-state index contributed by atoms with van der Waals surface area (Å²) >= 11 is 3.46. The van der Waals surface area contributed by atoms with Crippen molar-refractivity contribution in [2.24, 2.45) is 0 Å². The Morgan fingerprint density at radius 2 is 2.27 bits per heavy atom. The first-order valence-electron chi connectivity index (χ1n) is 5.19. The second kappa shape index (κ2) is 4.35. The summed E-state index contributed by atoms with van der Waals surface area (Å²) in [6.07, 6.45) is 1.72. The van der Waals surface area contributed by atoms with Gasteiger partial charge in [-0.05, 0) is 36.6 Å². The van der Waals surface area contributed by atoms with Crippen molar-refractivity contribution in [1.82, 2.24) is 4.90 Å². The maximum atomic E-state index is 11.5. The summed E-state index contributed by atoms with van der Waals surface area (Å²) in [6.45, 7) is 3.75. The van der Waals surface area contributed by atoms with E-state index in [0.29, 0.717) is 6.42 Å². The molecule has 0 bridgehead atoms. The lowest BCUT2D eigenvalue weighted by Crippen LogP contribution is -2.24. The van der Waals surface area contributed by atoms with Crippen molar-refractivity contribution in [2.45, 2.75) is 26.3 Å².